The van der Waals surface area contributed by atoms with Crippen LogP contribution in [-0.2, 0) is 91.3 Å². The Labute approximate surface area is 640 Å². The number of amides is 11. The number of aliphatic hydroxyl groups excluding tert-OH is 3. The summed E-state index contributed by atoms with van der Waals surface area (Å²) in [5, 5.41) is 74.2. The predicted molar refractivity (Wildman–Crippen MR) is 403 cm³/mol. The van der Waals surface area contributed by atoms with Crippen LogP contribution in [0.25, 0.3) is 21.6 Å². The molecule has 6 aromatic rings. The molecule has 111 heavy (non-hydrogen) atoms. The van der Waals surface area contributed by atoms with Crippen molar-refractivity contribution in [3.63, 3.8) is 0 Å². The van der Waals surface area contributed by atoms with Crippen LogP contribution in [0.3, 0.4) is 0 Å². The van der Waals surface area contributed by atoms with Crippen molar-refractivity contribution in [3.05, 3.63) is 159 Å². The smallest absolute Gasteiger partial charge is 0.246 e. The fraction of sp³-hybridized carbons (Fsp3) is 0.480. The second kappa shape index (κ2) is 42.9. The molecule has 0 saturated heterocycles. The van der Waals surface area contributed by atoms with E-state index in [1.165, 1.54) is 51.5 Å². The number of H-pyrrole nitrogens is 2. The van der Waals surface area contributed by atoms with Gasteiger partial charge in [-0.05, 0) is 157 Å². The first kappa shape index (κ1) is 88.2. The SMILES string of the molecule is CCc1cc(OCCCCN=[N+]=[N-])ccc1-c1ccc(C[C@H](NC(=O)[C@H](CC)NC(=O)[C@H](CO)NC(=O)[C@@H](NC(=O)[C@](C)(Cc2ccccc2F)NC(=O)[C@@H](NC(=O)CNC(=O)[C@H](Cc2nn[nH]n2)NC(=O)C(C)(C)NC(=O)CCc2cnc[nH]2)[C@@H](C)O)[C@@H](C)O)C(=O)N[C@@H](CCCc2cc(C)cc(C)c2)C(N)=O)cc1. The molecule has 0 aliphatic rings. The number of azide groups is 1. The third-order valence-electron chi connectivity index (χ3n) is 18.1. The fourth-order valence-electron chi connectivity index (χ4n) is 12.0. The molecule has 11 amide bonds. The van der Waals surface area contributed by atoms with Crippen LogP contribution in [0.2, 0.25) is 0 Å². The van der Waals surface area contributed by atoms with E-state index >= 15 is 4.39 Å². The lowest BCUT2D eigenvalue weighted by Crippen LogP contribution is -2.67. The number of primary amides is 1. The summed E-state index contributed by atoms with van der Waals surface area (Å²) < 4.78 is 21.5. The number of nitrogens with zero attached hydrogens (tertiary/aromatic N) is 7. The van der Waals surface area contributed by atoms with Gasteiger partial charge in [-0.2, -0.15) is 5.21 Å². The summed E-state index contributed by atoms with van der Waals surface area (Å²) in [7, 11) is 0. The number of carbonyl (C=O) groups excluding carboxylic acids is 11. The van der Waals surface area contributed by atoms with Crippen molar-refractivity contribution in [3.8, 4) is 16.9 Å². The molecule has 36 heteroatoms. The zero-order chi connectivity index (χ0) is 81.5. The molecule has 2 aromatic heterocycles. The number of carbonyl (C=O) groups is 11. The molecule has 0 fully saturated rings. The number of hydrogen-bond donors (Lipinski definition) is 16. The average Bonchev–Trinajstić information content (AvgIpc) is 1.16. The second-order valence-corrected chi connectivity index (χ2v) is 27.8. The number of aromatic amines is 2. The zero-order valence-corrected chi connectivity index (χ0v) is 63.6. The second-order valence-electron chi connectivity index (χ2n) is 27.8. The normalized spacial score (nSPS) is 14.2. The first-order valence-electron chi connectivity index (χ1n) is 36.4. The van der Waals surface area contributed by atoms with Gasteiger partial charge in [-0.15, -0.1) is 10.2 Å². The Kier molecular flexibility index (Phi) is 34.0. The Morgan fingerprint density at radius 3 is 1.95 bits per heavy atom. The van der Waals surface area contributed by atoms with E-state index < -0.39 is 156 Å². The monoisotopic (exact) mass is 1540 g/mol. The minimum Gasteiger partial charge on any atom is -0.494 e. The van der Waals surface area contributed by atoms with E-state index in [0.29, 0.717) is 62.3 Å². The van der Waals surface area contributed by atoms with E-state index in [4.69, 9.17) is 16.0 Å². The maximum atomic E-state index is 15.5. The third kappa shape index (κ3) is 27.7. The van der Waals surface area contributed by atoms with Crippen molar-refractivity contribution in [1.29, 1.82) is 0 Å². The predicted octanol–water partition coefficient (Wildman–Crippen LogP) is 0.990. The van der Waals surface area contributed by atoms with Gasteiger partial charge in [0.1, 0.15) is 64.9 Å². The number of unbranched alkanes of at least 4 members (excludes halogenated alkanes) is 1. The van der Waals surface area contributed by atoms with Crippen LogP contribution in [0.4, 0.5) is 4.39 Å². The number of aryl methyl sites for hydroxylation is 5. The number of benzene rings is 4. The van der Waals surface area contributed by atoms with Crippen LogP contribution in [0.15, 0.2) is 103 Å². The van der Waals surface area contributed by atoms with Crippen molar-refractivity contribution < 1.29 is 77.2 Å². The lowest BCUT2D eigenvalue weighted by molar-refractivity contribution is -0.140. The van der Waals surface area contributed by atoms with Crippen LogP contribution < -0.4 is 63.6 Å². The maximum Gasteiger partial charge on any atom is 0.246 e. The number of aliphatic hydroxyl groups is 3. The molecule has 0 unspecified atom stereocenters. The summed E-state index contributed by atoms with van der Waals surface area (Å²) in [6, 6.07) is 12.8. The number of ether oxygens (including phenoxy) is 1. The van der Waals surface area contributed by atoms with Crippen LogP contribution >= 0.6 is 0 Å². The van der Waals surface area contributed by atoms with Crippen LogP contribution in [0, 0.1) is 19.7 Å². The lowest BCUT2D eigenvalue weighted by atomic mass is 9.90. The Morgan fingerprint density at radius 1 is 0.676 bits per heavy atom. The molecule has 4 aromatic carbocycles. The van der Waals surface area contributed by atoms with Gasteiger partial charge in [0, 0.05) is 49.0 Å². The number of nitrogens with one attached hydrogen (secondary N) is 12. The molecule has 598 valence electrons. The van der Waals surface area contributed by atoms with E-state index in [-0.39, 0.29) is 49.9 Å². The van der Waals surface area contributed by atoms with Gasteiger partial charge in [0.25, 0.3) is 0 Å². The molecule has 0 saturated carbocycles. The summed E-state index contributed by atoms with van der Waals surface area (Å²) >= 11 is 0. The first-order chi connectivity index (χ1) is 52.8. The summed E-state index contributed by atoms with van der Waals surface area (Å²) in [6.45, 7) is 12.3. The number of nitrogens with two attached hydrogens (primary N) is 1. The Bertz CT molecular complexity index is 4190. The number of hydrogen-bond acceptors (Lipinski definition) is 20. The molecule has 0 bridgehead atoms. The highest BCUT2D eigenvalue weighted by molar-refractivity contribution is 6.00. The van der Waals surface area contributed by atoms with Gasteiger partial charge in [0.15, 0.2) is 5.82 Å². The highest BCUT2D eigenvalue weighted by atomic mass is 19.1. The van der Waals surface area contributed by atoms with E-state index in [0.717, 1.165) is 60.2 Å². The molecule has 0 radical (unpaired) electrons. The Hall–Kier alpha value is -11.8. The molecule has 10 atom stereocenters. The number of aromatic nitrogens is 6. The van der Waals surface area contributed by atoms with Gasteiger partial charge in [-0.25, -0.2) is 9.37 Å². The minimum absolute atomic E-state index is 0.0207. The van der Waals surface area contributed by atoms with E-state index in [2.05, 4.69) is 93.8 Å². The van der Waals surface area contributed by atoms with E-state index in [9.17, 15) is 68.1 Å². The van der Waals surface area contributed by atoms with Gasteiger partial charge in [0.2, 0.25) is 65.0 Å². The van der Waals surface area contributed by atoms with Crippen molar-refractivity contribution >= 4 is 65.0 Å². The molecule has 17 N–H and O–H groups in total. The number of halogens is 1. The summed E-state index contributed by atoms with van der Waals surface area (Å²) in [4.78, 5) is 163. The minimum atomic E-state index is -2.35. The van der Waals surface area contributed by atoms with Gasteiger partial charge < -0.3 is 83.9 Å². The third-order valence-corrected chi connectivity index (χ3v) is 18.1. The van der Waals surface area contributed by atoms with Gasteiger partial charge >= 0.3 is 0 Å². The topological polar surface area (TPSA) is 536 Å². The van der Waals surface area contributed by atoms with Crippen LogP contribution in [-0.4, -0.2) is 203 Å². The molecule has 0 aliphatic carbocycles. The van der Waals surface area contributed by atoms with Crippen LogP contribution in [0.5, 0.6) is 5.75 Å². The van der Waals surface area contributed by atoms with Crippen molar-refractivity contribution in [2.75, 3.05) is 26.3 Å². The quantitative estimate of drug-likeness (QED) is 0.0110. The molecule has 0 spiro atoms. The van der Waals surface area contributed by atoms with Crippen LogP contribution in [0.1, 0.15) is 132 Å². The highest BCUT2D eigenvalue weighted by Gasteiger charge is 2.43. The van der Waals surface area contributed by atoms with Crippen molar-refractivity contribution in [1.82, 2.24) is 83.8 Å². The lowest BCUT2D eigenvalue weighted by Gasteiger charge is -2.34. The van der Waals surface area contributed by atoms with Gasteiger partial charge in [-0.3, -0.25) is 52.7 Å². The largest absolute Gasteiger partial charge is 0.494 e. The number of imidazole rings is 1. The maximum absolute atomic E-state index is 15.5. The summed E-state index contributed by atoms with van der Waals surface area (Å²) in [5.74, 6) is -11.1. The Balaban J connectivity index is 1.14. The molecule has 35 nitrogen and oxygen atoms in total. The Morgan fingerprint density at radius 2 is 1.32 bits per heavy atom. The number of tetrazole rings is 1. The molecule has 2 heterocycles. The average molecular weight is 1540 g/mol. The van der Waals surface area contributed by atoms with Gasteiger partial charge in [-0.1, -0.05) is 102 Å². The van der Waals surface area contributed by atoms with E-state index in [1.807, 2.05) is 69.3 Å². The molecular weight excluding hydrogens is 1440 g/mol. The highest BCUT2D eigenvalue weighted by Crippen LogP contribution is 2.29. The summed E-state index contributed by atoms with van der Waals surface area (Å²) in [6.07, 6.45) is 1.53. The molecule has 6 rings (SSSR count). The molecule has 0 aliphatic heterocycles. The zero-order valence-electron chi connectivity index (χ0n) is 63.6. The standard InChI is InChI=1S/C75H101FN20O15/c1-10-48-35-52(111-30-15-14-29-82-94-78)26-27-53(48)49-23-21-46(22-24-49)34-57(68(105)84-56(65(77)102)20-16-17-47-32-42(3)31-43(4)33-47)85-67(104)55(11-2)83-69(106)59(40-97)86-70(107)63(44(5)98)89-73(110)75(9,37-50-18-12-13-19-54(50)76)91-71(108)64(45(6)99)88-62(101)39-80-66(103)58(36-60-92-95-96-93-60)87-72(109)74(7,8)90-61(100)28-25-51-38-79-41-81-51/h12-13,18-19,21-24,26-27,31-33,35,38,41,44-45,55-59,63-64,97-99H,10-11,14-17,20,25,28-30,34,36-37,39-40H2,1-9H3,(H2,77,102)(H,79,81)(H,80,103)(H,83,106)(H,84,105)(H,85,104)(H,86,107)(H,87,109)(H,88,101)(H,89,110)(H,90,100)(H,91,108)(H,92,93,95,96)/t44-,45-,55+,56+,57+,58+,59+,63+,64+,75+/m1/s1. The van der Waals surface area contributed by atoms with Crippen molar-refractivity contribution in [2.45, 2.75) is 205 Å². The fourth-order valence-corrected chi connectivity index (χ4v) is 12.0. The number of rotatable bonds is 45. The van der Waals surface area contributed by atoms with Crippen molar-refractivity contribution in [2.24, 2.45) is 10.8 Å². The van der Waals surface area contributed by atoms with Gasteiger partial charge in [0.05, 0.1) is 38.3 Å². The molecular formula is C75H101FN20O15. The summed E-state index contributed by atoms with van der Waals surface area (Å²) in [5.41, 5.74) is 17.5. The van der Waals surface area contributed by atoms with E-state index in [1.54, 1.807) is 12.1 Å². The first-order valence-corrected chi connectivity index (χ1v) is 36.4.